The molecule has 0 saturated heterocycles. The van der Waals surface area contributed by atoms with Gasteiger partial charge in [0.25, 0.3) is 0 Å². The summed E-state index contributed by atoms with van der Waals surface area (Å²) in [4.78, 5) is 0. The van der Waals surface area contributed by atoms with E-state index >= 15 is 0 Å². The third-order valence-corrected chi connectivity index (χ3v) is 2.36. The van der Waals surface area contributed by atoms with Crippen molar-refractivity contribution >= 4 is 0 Å². The minimum absolute atomic E-state index is 0.258. The van der Waals surface area contributed by atoms with Gasteiger partial charge < -0.3 is 9.47 Å². The minimum Gasteiger partial charge on any atom is -0.454 e. The van der Waals surface area contributed by atoms with Gasteiger partial charge in [0.1, 0.15) is 6.04 Å². The fraction of sp³-hybridized carbons (Fsp3) is 0.417. The number of hydrogen-bond donors (Lipinski definition) is 1. The predicted molar refractivity (Wildman–Crippen MR) is 59.2 cm³/mol. The molecular formula is C12H14N2O2. The lowest BCUT2D eigenvalue weighted by atomic mass is 10.1. The van der Waals surface area contributed by atoms with Crippen LogP contribution in [0, 0.1) is 11.3 Å². The Morgan fingerprint density at radius 3 is 2.75 bits per heavy atom. The molecule has 1 aromatic rings. The summed E-state index contributed by atoms with van der Waals surface area (Å²) >= 11 is 0. The summed E-state index contributed by atoms with van der Waals surface area (Å²) in [5, 5.41) is 12.3. The standard InChI is InChI=1S/C12H14N2O2/c1-8(2)14-10(6-13)9-3-4-11-12(5-9)16-7-15-11/h3-5,8,10,14H,7H2,1-2H3. The molecule has 1 N–H and O–H groups in total. The van der Waals surface area contributed by atoms with Crippen LogP contribution in [0.5, 0.6) is 11.5 Å². The molecule has 1 atom stereocenters. The van der Waals surface area contributed by atoms with Gasteiger partial charge in [0.2, 0.25) is 6.79 Å². The van der Waals surface area contributed by atoms with Gasteiger partial charge in [0.05, 0.1) is 6.07 Å². The summed E-state index contributed by atoms with van der Waals surface area (Å²) in [6.07, 6.45) is 0. The van der Waals surface area contributed by atoms with Crippen molar-refractivity contribution in [3.8, 4) is 17.6 Å². The highest BCUT2D eigenvalue weighted by Gasteiger charge is 2.17. The number of nitrogens with zero attached hydrogens (tertiary/aromatic N) is 1. The average molecular weight is 218 g/mol. The lowest BCUT2D eigenvalue weighted by Crippen LogP contribution is -2.27. The van der Waals surface area contributed by atoms with Crippen LogP contribution in [0.2, 0.25) is 0 Å². The van der Waals surface area contributed by atoms with Crippen molar-refractivity contribution in [2.45, 2.75) is 25.9 Å². The molecule has 0 amide bonds. The molecule has 0 spiro atoms. The van der Waals surface area contributed by atoms with Crippen molar-refractivity contribution < 1.29 is 9.47 Å². The third kappa shape index (κ3) is 2.10. The molecule has 1 unspecified atom stereocenters. The Labute approximate surface area is 94.8 Å². The fourth-order valence-corrected chi connectivity index (χ4v) is 1.63. The number of hydrogen-bond acceptors (Lipinski definition) is 4. The van der Waals surface area contributed by atoms with Gasteiger partial charge in [-0.3, -0.25) is 5.32 Å². The first-order valence-corrected chi connectivity index (χ1v) is 5.26. The van der Waals surface area contributed by atoms with E-state index in [1.807, 2.05) is 32.0 Å². The van der Waals surface area contributed by atoms with Gasteiger partial charge in [-0.05, 0) is 31.5 Å². The molecule has 1 heterocycles. The number of rotatable bonds is 3. The second-order valence-electron chi connectivity index (χ2n) is 4.00. The quantitative estimate of drug-likeness (QED) is 0.842. The molecule has 1 aromatic carbocycles. The van der Waals surface area contributed by atoms with Crippen molar-refractivity contribution in [2.24, 2.45) is 0 Å². The van der Waals surface area contributed by atoms with Crippen LogP contribution < -0.4 is 14.8 Å². The van der Waals surface area contributed by atoms with Crippen molar-refractivity contribution in [1.29, 1.82) is 5.26 Å². The highest BCUT2D eigenvalue weighted by atomic mass is 16.7. The van der Waals surface area contributed by atoms with E-state index in [1.165, 1.54) is 0 Å². The zero-order chi connectivity index (χ0) is 11.5. The number of fused-ring (bicyclic) bond motifs is 1. The van der Waals surface area contributed by atoms with Gasteiger partial charge in [0, 0.05) is 6.04 Å². The molecule has 0 aliphatic carbocycles. The molecule has 84 valence electrons. The van der Waals surface area contributed by atoms with E-state index in [0.29, 0.717) is 5.75 Å². The largest absolute Gasteiger partial charge is 0.454 e. The summed E-state index contributed by atoms with van der Waals surface area (Å²) in [7, 11) is 0. The maximum atomic E-state index is 9.09. The van der Waals surface area contributed by atoms with Crippen molar-refractivity contribution in [3.05, 3.63) is 23.8 Å². The van der Waals surface area contributed by atoms with Gasteiger partial charge in [0.15, 0.2) is 11.5 Å². The lowest BCUT2D eigenvalue weighted by Gasteiger charge is -2.15. The molecule has 2 rings (SSSR count). The van der Waals surface area contributed by atoms with Gasteiger partial charge in [-0.1, -0.05) is 6.07 Å². The summed E-state index contributed by atoms with van der Waals surface area (Å²) < 4.78 is 10.5. The topological polar surface area (TPSA) is 54.3 Å². The normalized spacial score (nSPS) is 14.9. The van der Waals surface area contributed by atoms with Crippen LogP contribution in [-0.2, 0) is 0 Å². The van der Waals surface area contributed by atoms with E-state index in [4.69, 9.17) is 14.7 Å². The SMILES string of the molecule is CC(C)NC(C#N)c1ccc2c(c1)OCO2. The summed E-state index contributed by atoms with van der Waals surface area (Å²) in [6, 6.07) is 7.76. The molecular weight excluding hydrogens is 204 g/mol. The molecule has 16 heavy (non-hydrogen) atoms. The van der Waals surface area contributed by atoms with Crippen LogP contribution >= 0.6 is 0 Å². The molecule has 4 heteroatoms. The smallest absolute Gasteiger partial charge is 0.231 e. The van der Waals surface area contributed by atoms with Gasteiger partial charge in [-0.2, -0.15) is 5.26 Å². The molecule has 1 aliphatic rings. The Kier molecular flexibility index (Phi) is 2.97. The maximum absolute atomic E-state index is 9.09. The first-order chi connectivity index (χ1) is 7.70. The lowest BCUT2D eigenvalue weighted by molar-refractivity contribution is 0.174. The van der Waals surface area contributed by atoms with E-state index in [9.17, 15) is 0 Å². The number of benzene rings is 1. The van der Waals surface area contributed by atoms with Crippen LogP contribution in [0.4, 0.5) is 0 Å². The molecule has 0 aromatic heterocycles. The van der Waals surface area contributed by atoms with E-state index in [1.54, 1.807) is 0 Å². The van der Waals surface area contributed by atoms with Crippen LogP contribution in [0.3, 0.4) is 0 Å². The maximum Gasteiger partial charge on any atom is 0.231 e. The van der Waals surface area contributed by atoms with E-state index in [0.717, 1.165) is 11.3 Å². The highest BCUT2D eigenvalue weighted by molar-refractivity contribution is 5.46. The van der Waals surface area contributed by atoms with Gasteiger partial charge in [-0.15, -0.1) is 0 Å². The highest BCUT2D eigenvalue weighted by Crippen LogP contribution is 2.34. The van der Waals surface area contributed by atoms with E-state index in [-0.39, 0.29) is 18.9 Å². The van der Waals surface area contributed by atoms with Crippen LogP contribution in [0.25, 0.3) is 0 Å². The fourth-order valence-electron chi connectivity index (χ4n) is 1.63. The van der Waals surface area contributed by atoms with Crippen LogP contribution in [0.1, 0.15) is 25.5 Å². The number of ether oxygens (including phenoxy) is 2. The first-order valence-electron chi connectivity index (χ1n) is 5.26. The summed E-state index contributed by atoms with van der Waals surface area (Å²) in [5.41, 5.74) is 0.903. The molecule has 1 aliphatic heterocycles. The summed E-state index contributed by atoms with van der Waals surface area (Å²) in [6.45, 7) is 4.28. The Morgan fingerprint density at radius 1 is 1.31 bits per heavy atom. The van der Waals surface area contributed by atoms with Gasteiger partial charge in [-0.25, -0.2) is 0 Å². The van der Waals surface area contributed by atoms with Crippen molar-refractivity contribution in [3.63, 3.8) is 0 Å². The average Bonchev–Trinajstić information content (AvgIpc) is 2.72. The van der Waals surface area contributed by atoms with E-state index < -0.39 is 0 Å². The zero-order valence-electron chi connectivity index (χ0n) is 9.36. The molecule has 0 radical (unpaired) electrons. The van der Waals surface area contributed by atoms with E-state index in [2.05, 4.69) is 11.4 Å². The Balaban J connectivity index is 2.23. The number of nitrogens with one attached hydrogen (secondary N) is 1. The monoisotopic (exact) mass is 218 g/mol. The summed E-state index contributed by atoms with van der Waals surface area (Å²) in [5.74, 6) is 1.45. The third-order valence-electron chi connectivity index (χ3n) is 2.36. The Bertz CT molecular complexity index is 424. The number of nitriles is 1. The first kappa shape index (κ1) is 10.8. The predicted octanol–water partition coefficient (Wildman–Crippen LogP) is 1.98. The van der Waals surface area contributed by atoms with Crippen molar-refractivity contribution in [1.82, 2.24) is 5.32 Å². The Hall–Kier alpha value is -1.73. The molecule has 0 saturated carbocycles. The second-order valence-corrected chi connectivity index (χ2v) is 4.00. The van der Waals surface area contributed by atoms with Crippen LogP contribution in [0.15, 0.2) is 18.2 Å². The van der Waals surface area contributed by atoms with Crippen LogP contribution in [-0.4, -0.2) is 12.8 Å². The Morgan fingerprint density at radius 2 is 2.06 bits per heavy atom. The molecule has 0 fully saturated rings. The minimum atomic E-state index is -0.311. The molecule has 0 bridgehead atoms. The molecule has 4 nitrogen and oxygen atoms in total. The zero-order valence-corrected chi connectivity index (χ0v) is 9.36. The second kappa shape index (κ2) is 4.42. The van der Waals surface area contributed by atoms with Crippen molar-refractivity contribution in [2.75, 3.05) is 6.79 Å². The van der Waals surface area contributed by atoms with Gasteiger partial charge >= 0.3 is 0 Å².